The van der Waals surface area contributed by atoms with Gasteiger partial charge in [-0.05, 0) is 69.8 Å². The molecular weight excluding hydrogens is 244 g/mol. The van der Waals surface area contributed by atoms with Crippen molar-refractivity contribution in [3.63, 3.8) is 0 Å². The number of rotatable bonds is 6. The maximum Gasteiger partial charge on any atom is 0.0466 e. The van der Waals surface area contributed by atoms with Gasteiger partial charge in [-0.15, -0.1) is 0 Å². The predicted molar refractivity (Wildman–Crippen MR) is 86.1 cm³/mol. The molecule has 2 heterocycles. The van der Waals surface area contributed by atoms with Crippen LogP contribution in [0.15, 0.2) is 18.3 Å². The quantitative estimate of drug-likeness (QED) is 0.764. The maximum absolute atomic E-state index is 4.65. The molecule has 0 saturated carbocycles. The molecule has 1 aliphatic heterocycles. The normalized spacial score (nSPS) is 18.4. The summed E-state index contributed by atoms with van der Waals surface area (Å²) in [6, 6.07) is 4.24. The second-order valence-corrected chi connectivity index (χ2v) is 6.60. The van der Waals surface area contributed by atoms with Gasteiger partial charge in [-0.2, -0.15) is 0 Å². The smallest absolute Gasteiger partial charge is 0.0466 e. The van der Waals surface area contributed by atoms with Crippen molar-refractivity contribution in [2.75, 3.05) is 19.6 Å². The summed E-state index contributed by atoms with van der Waals surface area (Å²) in [4.78, 5) is 7.30. The summed E-state index contributed by atoms with van der Waals surface area (Å²) in [6.45, 7) is 10.8. The maximum atomic E-state index is 4.65. The molecule has 1 atom stereocenters. The van der Waals surface area contributed by atoms with E-state index in [1.807, 2.05) is 12.3 Å². The number of nitrogens with zero attached hydrogens (tertiary/aromatic N) is 2. The van der Waals surface area contributed by atoms with E-state index in [1.54, 1.807) is 0 Å². The van der Waals surface area contributed by atoms with Gasteiger partial charge in [0.2, 0.25) is 0 Å². The van der Waals surface area contributed by atoms with Crippen molar-refractivity contribution in [1.82, 2.24) is 9.88 Å². The van der Waals surface area contributed by atoms with Crippen LogP contribution < -0.4 is 0 Å². The van der Waals surface area contributed by atoms with Crippen LogP contribution in [-0.2, 0) is 0 Å². The van der Waals surface area contributed by atoms with Gasteiger partial charge >= 0.3 is 0 Å². The number of piperidine rings is 1. The van der Waals surface area contributed by atoms with E-state index >= 15 is 0 Å². The standard InChI is InChI=1S/C18H30N2/c1-15(2)17(18-16(3)9-7-11-19-18)10-8-14-20-12-5-4-6-13-20/h7,9,11,15,17H,4-6,8,10,12-14H2,1-3H3. The molecule has 1 aromatic heterocycles. The van der Waals surface area contributed by atoms with Crippen LogP contribution in [0.1, 0.15) is 63.1 Å². The van der Waals surface area contributed by atoms with Crippen LogP contribution in [0.5, 0.6) is 0 Å². The van der Waals surface area contributed by atoms with Crippen LogP contribution in [0.25, 0.3) is 0 Å². The van der Waals surface area contributed by atoms with Crippen molar-refractivity contribution in [3.8, 4) is 0 Å². The molecule has 1 fully saturated rings. The Morgan fingerprint density at radius 3 is 2.60 bits per heavy atom. The van der Waals surface area contributed by atoms with Crippen molar-refractivity contribution in [3.05, 3.63) is 29.6 Å². The van der Waals surface area contributed by atoms with Gasteiger partial charge in [-0.1, -0.05) is 26.3 Å². The lowest BCUT2D eigenvalue weighted by Gasteiger charge is -2.28. The summed E-state index contributed by atoms with van der Waals surface area (Å²) in [7, 11) is 0. The molecule has 20 heavy (non-hydrogen) atoms. The molecule has 112 valence electrons. The minimum absolute atomic E-state index is 0.612. The molecule has 1 saturated heterocycles. The molecule has 1 unspecified atom stereocenters. The third kappa shape index (κ3) is 4.31. The lowest BCUT2D eigenvalue weighted by Crippen LogP contribution is -2.30. The van der Waals surface area contributed by atoms with E-state index in [0.29, 0.717) is 11.8 Å². The Kier molecular flexibility index (Phi) is 6.03. The summed E-state index contributed by atoms with van der Waals surface area (Å²) >= 11 is 0. The third-order valence-electron chi connectivity index (χ3n) is 4.64. The molecular formula is C18H30N2. The first-order chi connectivity index (χ1) is 9.68. The van der Waals surface area contributed by atoms with Gasteiger partial charge in [0.1, 0.15) is 0 Å². The van der Waals surface area contributed by atoms with Gasteiger partial charge in [0.05, 0.1) is 0 Å². The highest BCUT2D eigenvalue weighted by atomic mass is 15.1. The molecule has 0 amide bonds. The number of pyridine rings is 1. The Labute approximate surface area is 124 Å². The first-order valence-corrected chi connectivity index (χ1v) is 8.32. The van der Waals surface area contributed by atoms with Gasteiger partial charge in [0.15, 0.2) is 0 Å². The first-order valence-electron chi connectivity index (χ1n) is 8.32. The Balaban J connectivity index is 1.88. The number of aryl methyl sites for hydroxylation is 1. The van der Waals surface area contributed by atoms with Crippen molar-refractivity contribution in [2.24, 2.45) is 5.92 Å². The SMILES string of the molecule is Cc1cccnc1C(CCCN1CCCCC1)C(C)C. The molecule has 2 nitrogen and oxygen atoms in total. The molecule has 1 aliphatic rings. The highest BCUT2D eigenvalue weighted by Crippen LogP contribution is 2.29. The van der Waals surface area contributed by atoms with Crippen LogP contribution in [-0.4, -0.2) is 29.5 Å². The summed E-state index contributed by atoms with van der Waals surface area (Å²) in [5.41, 5.74) is 2.67. The minimum atomic E-state index is 0.612. The molecule has 0 aromatic carbocycles. The van der Waals surface area contributed by atoms with Crippen LogP contribution in [0.3, 0.4) is 0 Å². The molecule has 0 bridgehead atoms. The zero-order valence-electron chi connectivity index (χ0n) is 13.4. The largest absolute Gasteiger partial charge is 0.303 e. The Morgan fingerprint density at radius 2 is 1.95 bits per heavy atom. The fourth-order valence-electron chi connectivity index (χ4n) is 3.39. The number of aromatic nitrogens is 1. The topological polar surface area (TPSA) is 16.1 Å². The Hall–Kier alpha value is -0.890. The van der Waals surface area contributed by atoms with E-state index in [4.69, 9.17) is 0 Å². The minimum Gasteiger partial charge on any atom is -0.303 e. The number of likely N-dealkylation sites (tertiary alicyclic amines) is 1. The third-order valence-corrected chi connectivity index (χ3v) is 4.64. The van der Waals surface area contributed by atoms with Gasteiger partial charge in [0, 0.05) is 17.8 Å². The van der Waals surface area contributed by atoms with E-state index < -0.39 is 0 Å². The number of hydrogen-bond acceptors (Lipinski definition) is 2. The second-order valence-electron chi connectivity index (χ2n) is 6.60. The van der Waals surface area contributed by atoms with E-state index in [-0.39, 0.29) is 0 Å². The predicted octanol–water partition coefficient (Wildman–Crippen LogP) is 4.40. The van der Waals surface area contributed by atoms with Gasteiger partial charge < -0.3 is 4.90 Å². The molecule has 0 radical (unpaired) electrons. The van der Waals surface area contributed by atoms with Crippen LogP contribution in [0.4, 0.5) is 0 Å². The van der Waals surface area contributed by atoms with Gasteiger partial charge in [0.25, 0.3) is 0 Å². The molecule has 0 spiro atoms. The average Bonchev–Trinajstić information content (AvgIpc) is 2.45. The zero-order chi connectivity index (χ0) is 14.4. The van der Waals surface area contributed by atoms with Crippen molar-refractivity contribution >= 4 is 0 Å². The van der Waals surface area contributed by atoms with Crippen LogP contribution in [0.2, 0.25) is 0 Å². The van der Waals surface area contributed by atoms with E-state index in [9.17, 15) is 0 Å². The van der Waals surface area contributed by atoms with Crippen molar-refractivity contribution in [2.45, 2.75) is 58.8 Å². The molecule has 0 aliphatic carbocycles. The molecule has 2 heteroatoms. The van der Waals surface area contributed by atoms with Gasteiger partial charge in [-0.25, -0.2) is 0 Å². The Bertz CT molecular complexity index is 394. The van der Waals surface area contributed by atoms with Crippen LogP contribution in [0, 0.1) is 12.8 Å². The summed E-state index contributed by atoms with van der Waals surface area (Å²) in [5.74, 6) is 1.28. The second kappa shape index (κ2) is 7.78. The summed E-state index contributed by atoms with van der Waals surface area (Å²) in [6.07, 6.45) is 8.74. The lowest BCUT2D eigenvalue weighted by molar-refractivity contribution is 0.220. The average molecular weight is 274 g/mol. The van der Waals surface area contributed by atoms with E-state index in [0.717, 1.165) is 0 Å². The highest BCUT2D eigenvalue weighted by Gasteiger charge is 2.19. The van der Waals surface area contributed by atoms with E-state index in [2.05, 4.69) is 36.7 Å². The van der Waals surface area contributed by atoms with Gasteiger partial charge in [-0.3, -0.25) is 4.98 Å². The Morgan fingerprint density at radius 1 is 1.20 bits per heavy atom. The lowest BCUT2D eigenvalue weighted by atomic mass is 9.86. The number of hydrogen-bond donors (Lipinski definition) is 0. The first kappa shape index (κ1) is 15.5. The summed E-state index contributed by atoms with van der Waals surface area (Å²) in [5, 5.41) is 0. The van der Waals surface area contributed by atoms with Crippen molar-refractivity contribution in [1.29, 1.82) is 0 Å². The summed E-state index contributed by atoms with van der Waals surface area (Å²) < 4.78 is 0. The fourth-order valence-corrected chi connectivity index (χ4v) is 3.39. The monoisotopic (exact) mass is 274 g/mol. The van der Waals surface area contributed by atoms with Crippen LogP contribution >= 0.6 is 0 Å². The van der Waals surface area contributed by atoms with E-state index in [1.165, 1.54) is 63.0 Å². The molecule has 2 rings (SSSR count). The fraction of sp³-hybridized carbons (Fsp3) is 0.722. The highest BCUT2D eigenvalue weighted by molar-refractivity contribution is 5.22. The zero-order valence-corrected chi connectivity index (χ0v) is 13.4. The van der Waals surface area contributed by atoms with Crippen molar-refractivity contribution < 1.29 is 0 Å². The molecule has 1 aromatic rings. The molecule has 0 N–H and O–H groups in total.